The summed E-state index contributed by atoms with van der Waals surface area (Å²) in [5.74, 6) is 0.158. The van der Waals surface area contributed by atoms with Crippen LogP contribution in [0.4, 0.5) is 0 Å². The number of carbonyl (C=O) groups is 1. The number of amides is 1. The van der Waals surface area contributed by atoms with Gasteiger partial charge in [-0.2, -0.15) is 0 Å². The summed E-state index contributed by atoms with van der Waals surface area (Å²) in [6.07, 6.45) is 4.66. The average molecular weight is 299 g/mol. The number of hydrogen-bond acceptors (Lipinski definition) is 3. The normalized spacial score (nSPS) is 16.7. The second-order valence-electron chi connectivity index (χ2n) is 5.02. The first-order valence-corrected chi connectivity index (χ1v) is 7.65. The van der Waals surface area contributed by atoms with Gasteiger partial charge in [-0.05, 0) is 25.0 Å². The molecule has 3 nitrogen and oxygen atoms in total. The zero-order chi connectivity index (χ0) is 13.9. The summed E-state index contributed by atoms with van der Waals surface area (Å²) in [5, 5.41) is 0. The molecule has 2 rings (SSSR count). The molecule has 0 bridgehead atoms. The van der Waals surface area contributed by atoms with Crippen LogP contribution in [0.3, 0.4) is 0 Å². The lowest BCUT2D eigenvalue weighted by Gasteiger charge is -2.42. The van der Waals surface area contributed by atoms with Crippen LogP contribution in [0, 0.1) is 5.41 Å². The Hall–Kier alpha value is -0.840. The lowest BCUT2D eigenvalue weighted by molar-refractivity contribution is -0.146. The van der Waals surface area contributed by atoms with Crippen LogP contribution in [0.25, 0.3) is 0 Å². The largest absolute Gasteiger partial charge is 0.333 e. The number of nitrogens with two attached hydrogens (primary N) is 1. The van der Waals surface area contributed by atoms with Crippen LogP contribution in [0.15, 0.2) is 24.8 Å². The third-order valence-electron chi connectivity index (χ3n) is 3.77. The van der Waals surface area contributed by atoms with Gasteiger partial charge in [-0.25, -0.2) is 0 Å². The van der Waals surface area contributed by atoms with E-state index in [1.165, 1.54) is 11.3 Å². The number of carbonyl (C=O) groups excluding carboxylic acids is 1. The van der Waals surface area contributed by atoms with Crippen molar-refractivity contribution in [1.82, 2.24) is 4.90 Å². The minimum Gasteiger partial charge on any atom is -0.333 e. The van der Waals surface area contributed by atoms with Crippen molar-refractivity contribution >= 4 is 28.8 Å². The standard InChI is InChI=1S/C14H19ClN2OS/c1-2-8-17(9-11-4-5-12(15)19-11)13(18)14(10-16)6-3-7-14/h2,4-5H,1,3,6-10,16H2. The molecular weight excluding hydrogens is 280 g/mol. The van der Waals surface area contributed by atoms with Gasteiger partial charge in [0, 0.05) is 18.0 Å². The molecule has 1 saturated carbocycles. The summed E-state index contributed by atoms with van der Waals surface area (Å²) in [6.45, 7) is 5.31. The van der Waals surface area contributed by atoms with E-state index in [1.54, 1.807) is 6.08 Å². The van der Waals surface area contributed by atoms with Crippen LogP contribution in [-0.4, -0.2) is 23.9 Å². The molecule has 0 aromatic carbocycles. The number of halogens is 1. The summed E-state index contributed by atoms with van der Waals surface area (Å²) in [7, 11) is 0. The van der Waals surface area contributed by atoms with Gasteiger partial charge >= 0.3 is 0 Å². The Morgan fingerprint density at radius 1 is 1.58 bits per heavy atom. The molecule has 1 aromatic heterocycles. The fourth-order valence-electron chi connectivity index (χ4n) is 2.44. The van der Waals surface area contributed by atoms with E-state index in [4.69, 9.17) is 17.3 Å². The molecule has 1 heterocycles. The first-order chi connectivity index (χ1) is 9.11. The second-order valence-corrected chi connectivity index (χ2v) is 6.82. The molecule has 0 radical (unpaired) electrons. The van der Waals surface area contributed by atoms with Crippen molar-refractivity contribution < 1.29 is 4.79 Å². The van der Waals surface area contributed by atoms with Crippen molar-refractivity contribution in [3.8, 4) is 0 Å². The van der Waals surface area contributed by atoms with Gasteiger partial charge in [0.15, 0.2) is 0 Å². The van der Waals surface area contributed by atoms with Gasteiger partial charge in [0.05, 0.1) is 16.3 Å². The monoisotopic (exact) mass is 298 g/mol. The van der Waals surface area contributed by atoms with E-state index in [2.05, 4.69) is 6.58 Å². The summed E-state index contributed by atoms with van der Waals surface area (Å²) < 4.78 is 0.748. The van der Waals surface area contributed by atoms with Gasteiger partial charge in [-0.15, -0.1) is 17.9 Å². The Labute approximate surface area is 123 Å². The zero-order valence-electron chi connectivity index (χ0n) is 10.9. The van der Waals surface area contributed by atoms with Crippen molar-refractivity contribution in [3.63, 3.8) is 0 Å². The number of nitrogens with zero attached hydrogens (tertiary/aromatic N) is 1. The Morgan fingerprint density at radius 2 is 2.32 bits per heavy atom. The molecule has 5 heteroatoms. The van der Waals surface area contributed by atoms with Gasteiger partial charge < -0.3 is 10.6 Å². The molecule has 1 aromatic rings. The first-order valence-electron chi connectivity index (χ1n) is 6.46. The molecule has 0 unspecified atom stereocenters. The number of thiophene rings is 1. The smallest absolute Gasteiger partial charge is 0.230 e. The van der Waals surface area contributed by atoms with E-state index in [1.807, 2.05) is 17.0 Å². The zero-order valence-corrected chi connectivity index (χ0v) is 12.5. The number of rotatable bonds is 6. The molecule has 1 aliphatic rings. The van der Waals surface area contributed by atoms with Crippen molar-refractivity contribution in [3.05, 3.63) is 34.0 Å². The lowest BCUT2D eigenvalue weighted by atomic mass is 9.68. The molecule has 0 spiro atoms. The molecule has 19 heavy (non-hydrogen) atoms. The Bertz CT molecular complexity index is 462. The summed E-state index contributed by atoms with van der Waals surface area (Å²) in [5.41, 5.74) is 5.48. The molecule has 1 fully saturated rings. The third kappa shape index (κ3) is 3.02. The van der Waals surface area contributed by atoms with Crippen molar-refractivity contribution in [2.24, 2.45) is 11.1 Å². The van der Waals surface area contributed by atoms with Gasteiger partial charge in [-0.1, -0.05) is 24.1 Å². The van der Waals surface area contributed by atoms with Crippen LogP contribution >= 0.6 is 22.9 Å². The SMILES string of the molecule is C=CCN(Cc1ccc(Cl)s1)C(=O)C1(CN)CCC1. The highest BCUT2D eigenvalue weighted by molar-refractivity contribution is 7.16. The molecule has 0 atom stereocenters. The fraction of sp³-hybridized carbons (Fsp3) is 0.500. The van der Waals surface area contributed by atoms with Gasteiger partial charge in [0.1, 0.15) is 0 Å². The molecule has 2 N–H and O–H groups in total. The first kappa shape index (κ1) is 14.6. The van der Waals surface area contributed by atoms with Crippen LogP contribution in [-0.2, 0) is 11.3 Å². The van der Waals surface area contributed by atoms with Crippen LogP contribution in [0.2, 0.25) is 4.34 Å². The predicted octanol–water partition coefficient (Wildman–Crippen LogP) is 3.05. The molecule has 104 valence electrons. The maximum atomic E-state index is 12.6. The number of hydrogen-bond donors (Lipinski definition) is 1. The third-order valence-corrected chi connectivity index (χ3v) is 4.98. The maximum Gasteiger partial charge on any atom is 0.230 e. The lowest BCUT2D eigenvalue weighted by Crippen LogP contribution is -2.51. The maximum absolute atomic E-state index is 12.6. The highest BCUT2D eigenvalue weighted by Gasteiger charge is 2.44. The Kier molecular flexibility index (Phi) is 4.66. The van der Waals surface area contributed by atoms with E-state index >= 15 is 0 Å². The van der Waals surface area contributed by atoms with Gasteiger partial charge in [-0.3, -0.25) is 4.79 Å². The van der Waals surface area contributed by atoms with E-state index in [0.717, 1.165) is 28.5 Å². The molecule has 0 saturated heterocycles. The van der Waals surface area contributed by atoms with Crippen LogP contribution < -0.4 is 5.73 Å². The predicted molar refractivity (Wildman–Crippen MR) is 80.3 cm³/mol. The summed E-state index contributed by atoms with van der Waals surface area (Å²) in [4.78, 5) is 15.6. The van der Waals surface area contributed by atoms with Crippen molar-refractivity contribution in [2.75, 3.05) is 13.1 Å². The van der Waals surface area contributed by atoms with E-state index < -0.39 is 0 Å². The Morgan fingerprint density at radius 3 is 2.74 bits per heavy atom. The topological polar surface area (TPSA) is 46.3 Å². The fourth-order valence-corrected chi connectivity index (χ4v) is 3.55. The second kappa shape index (κ2) is 6.07. The van der Waals surface area contributed by atoms with Crippen LogP contribution in [0.5, 0.6) is 0 Å². The summed E-state index contributed by atoms with van der Waals surface area (Å²) >= 11 is 7.44. The van der Waals surface area contributed by atoms with E-state index in [0.29, 0.717) is 19.6 Å². The Balaban J connectivity index is 2.10. The van der Waals surface area contributed by atoms with Crippen LogP contribution in [0.1, 0.15) is 24.1 Å². The van der Waals surface area contributed by atoms with E-state index in [9.17, 15) is 4.79 Å². The van der Waals surface area contributed by atoms with E-state index in [-0.39, 0.29) is 11.3 Å². The van der Waals surface area contributed by atoms with Gasteiger partial charge in [0.2, 0.25) is 5.91 Å². The van der Waals surface area contributed by atoms with Crippen molar-refractivity contribution in [2.45, 2.75) is 25.8 Å². The average Bonchev–Trinajstić information content (AvgIpc) is 2.73. The highest BCUT2D eigenvalue weighted by atomic mass is 35.5. The quantitative estimate of drug-likeness (QED) is 0.821. The minimum absolute atomic E-state index is 0.158. The van der Waals surface area contributed by atoms with Gasteiger partial charge in [0.25, 0.3) is 0 Å². The molecule has 0 aliphatic heterocycles. The molecular formula is C14H19ClN2OS. The summed E-state index contributed by atoms with van der Waals surface area (Å²) in [6, 6.07) is 3.83. The van der Waals surface area contributed by atoms with Crippen molar-refractivity contribution in [1.29, 1.82) is 0 Å². The minimum atomic E-state index is -0.329. The molecule has 1 amide bonds. The highest BCUT2D eigenvalue weighted by Crippen LogP contribution is 2.42. The molecule has 1 aliphatic carbocycles.